The Morgan fingerprint density at radius 1 is 1.43 bits per heavy atom. The van der Waals surface area contributed by atoms with Crippen LogP contribution in [-0.4, -0.2) is 67.5 Å². The fraction of sp³-hybridized carbons (Fsp3) is 0.500. The van der Waals surface area contributed by atoms with Crippen molar-refractivity contribution in [3.05, 3.63) is 47.2 Å². The molecule has 2 heterocycles. The van der Waals surface area contributed by atoms with Crippen molar-refractivity contribution in [2.24, 2.45) is 12.0 Å². The predicted octanol–water partition coefficient (Wildman–Crippen LogP) is 2.12. The van der Waals surface area contributed by atoms with Gasteiger partial charge in [-0.2, -0.15) is 5.10 Å². The van der Waals surface area contributed by atoms with Crippen LogP contribution in [0.5, 0.6) is 0 Å². The fourth-order valence-corrected chi connectivity index (χ4v) is 3.76. The van der Waals surface area contributed by atoms with Crippen LogP contribution < -0.4 is 15.5 Å². The average Bonchev–Trinajstić information content (AvgIpc) is 3.30. The quantitative estimate of drug-likeness (QED) is 0.571. The van der Waals surface area contributed by atoms with Crippen molar-refractivity contribution in [2.75, 3.05) is 45.7 Å². The van der Waals surface area contributed by atoms with E-state index in [1.54, 1.807) is 0 Å². The first-order valence-electron chi connectivity index (χ1n) is 9.59. The third-order valence-corrected chi connectivity index (χ3v) is 5.36. The smallest absolute Gasteiger partial charge is 0.191 e. The Balaban J connectivity index is 1.54. The van der Waals surface area contributed by atoms with Crippen LogP contribution in [0.25, 0.3) is 0 Å². The van der Waals surface area contributed by atoms with Gasteiger partial charge in [-0.3, -0.25) is 9.67 Å². The zero-order valence-corrected chi connectivity index (χ0v) is 17.8. The number of halogens is 1. The highest BCUT2D eigenvalue weighted by Gasteiger charge is 2.24. The molecule has 2 N–H and O–H groups in total. The Bertz CT molecular complexity index is 801. The van der Waals surface area contributed by atoms with Gasteiger partial charge in [-0.05, 0) is 38.7 Å². The summed E-state index contributed by atoms with van der Waals surface area (Å²) in [4.78, 5) is 8.95. The van der Waals surface area contributed by atoms with Gasteiger partial charge in [0.25, 0.3) is 0 Å². The molecule has 1 fully saturated rings. The molecule has 0 saturated carbocycles. The van der Waals surface area contributed by atoms with Crippen LogP contribution in [0.2, 0.25) is 5.02 Å². The van der Waals surface area contributed by atoms with Crippen LogP contribution >= 0.6 is 11.6 Å². The zero-order chi connectivity index (χ0) is 20.1. The number of nitrogens with one attached hydrogen (secondary N) is 2. The molecule has 1 aromatic carbocycles. The second kappa shape index (κ2) is 9.30. The summed E-state index contributed by atoms with van der Waals surface area (Å²) in [5.41, 5.74) is 2.35. The molecule has 0 spiro atoms. The normalized spacial score (nSPS) is 18.6. The molecule has 2 unspecified atom stereocenters. The highest BCUT2D eigenvalue weighted by atomic mass is 35.5. The van der Waals surface area contributed by atoms with Gasteiger partial charge in [0, 0.05) is 62.2 Å². The highest BCUT2D eigenvalue weighted by Crippen LogP contribution is 2.23. The lowest BCUT2D eigenvalue weighted by Gasteiger charge is -2.25. The Kier molecular flexibility index (Phi) is 6.80. The van der Waals surface area contributed by atoms with Crippen LogP contribution in [-0.2, 0) is 7.05 Å². The molecule has 2 atom stereocenters. The average molecular weight is 404 g/mol. The standard InChI is InChI=1S/C20H30ClN7/c1-22-20(23-12-19(26(2)3)15-11-24-27(4)13-15)25-17-8-9-28(14-17)18-7-5-6-16(21)10-18/h5-7,10-11,13,17,19H,8-9,12,14H2,1-4H3,(H2,22,23,25). The highest BCUT2D eigenvalue weighted by molar-refractivity contribution is 6.30. The van der Waals surface area contributed by atoms with E-state index in [4.69, 9.17) is 11.6 Å². The number of aliphatic imine (C=N–C) groups is 1. The van der Waals surface area contributed by atoms with Crippen molar-refractivity contribution < 1.29 is 0 Å². The Labute approximate surface area is 172 Å². The number of likely N-dealkylation sites (N-methyl/N-ethyl adjacent to an activating group) is 1. The van der Waals surface area contributed by atoms with Gasteiger partial charge >= 0.3 is 0 Å². The summed E-state index contributed by atoms with van der Waals surface area (Å²) in [6.07, 6.45) is 5.04. The molecule has 28 heavy (non-hydrogen) atoms. The molecule has 1 aliphatic heterocycles. The van der Waals surface area contributed by atoms with E-state index in [0.717, 1.165) is 37.0 Å². The van der Waals surface area contributed by atoms with E-state index in [-0.39, 0.29) is 6.04 Å². The van der Waals surface area contributed by atoms with Crippen LogP contribution in [0.15, 0.2) is 41.7 Å². The van der Waals surface area contributed by atoms with Crippen molar-refractivity contribution in [1.82, 2.24) is 25.3 Å². The molecule has 7 nitrogen and oxygen atoms in total. The minimum Gasteiger partial charge on any atom is -0.369 e. The van der Waals surface area contributed by atoms with Gasteiger partial charge < -0.3 is 20.4 Å². The minimum absolute atomic E-state index is 0.221. The summed E-state index contributed by atoms with van der Waals surface area (Å²) in [6.45, 7) is 2.69. The monoisotopic (exact) mass is 403 g/mol. The molecule has 8 heteroatoms. The molecule has 1 aliphatic rings. The van der Waals surface area contributed by atoms with Gasteiger partial charge in [0.1, 0.15) is 0 Å². The summed E-state index contributed by atoms with van der Waals surface area (Å²) in [7, 11) is 7.91. The molecule has 1 aromatic heterocycles. The predicted molar refractivity (Wildman–Crippen MR) is 116 cm³/mol. The van der Waals surface area contributed by atoms with Crippen LogP contribution in [0, 0.1) is 0 Å². The van der Waals surface area contributed by atoms with E-state index in [1.807, 2.05) is 43.2 Å². The van der Waals surface area contributed by atoms with Crippen LogP contribution in [0.3, 0.4) is 0 Å². The summed E-state index contributed by atoms with van der Waals surface area (Å²) < 4.78 is 1.84. The summed E-state index contributed by atoms with van der Waals surface area (Å²) in [5, 5.41) is 12.1. The summed E-state index contributed by atoms with van der Waals surface area (Å²) in [5.74, 6) is 0.827. The topological polar surface area (TPSA) is 60.7 Å². The van der Waals surface area contributed by atoms with E-state index >= 15 is 0 Å². The zero-order valence-electron chi connectivity index (χ0n) is 17.1. The SMILES string of the molecule is CN=C(NCC(c1cnn(C)c1)N(C)C)NC1CCN(c2cccc(Cl)c2)C1. The number of rotatable bonds is 6. The van der Waals surface area contributed by atoms with Crippen molar-refractivity contribution in [3.63, 3.8) is 0 Å². The largest absolute Gasteiger partial charge is 0.369 e. The summed E-state index contributed by atoms with van der Waals surface area (Å²) in [6, 6.07) is 8.61. The van der Waals surface area contributed by atoms with Crippen molar-refractivity contribution in [1.29, 1.82) is 0 Å². The lowest BCUT2D eigenvalue weighted by Crippen LogP contribution is -2.46. The molecule has 0 aliphatic carbocycles. The summed E-state index contributed by atoms with van der Waals surface area (Å²) >= 11 is 6.13. The van der Waals surface area contributed by atoms with Crippen molar-refractivity contribution in [2.45, 2.75) is 18.5 Å². The van der Waals surface area contributed by atoms with E-state index in [2.05, 4.69) is 56.9 Å². The molecule has 152 valence electrons. The van der Waals surface area contributed by atoms with Crippen LogP contribution in [0.4, 0.5) is 5.69 Å². The third kappa shape index (κ3) is 5.17. The second-order valence-electron chi connectivity index (χ2n) is 7.44. The fourth-order valence-electron chi connectivity index (χ4n) is 3.58. The van der Waals surface area contributed by atoms with E-state index in [1.165, 1.54) is 11.3 Å². The lowest BCUT2D eigenvalue weighted by atomic mass is 10.1. The molecule has 0 bridgehead atoms. The maximum atomic E-state index is 6.13. The molecule has 1 saturated heterocycles. The number of anilines is 1. The van der Waals surface area contributed by atoms with Crippen LogP contribution in [0.1, 0.15) is 18.0 Å². The van der Waals surface area contributed by atoms with E-state index in [9.17, 15) is 0 Å². The first kappa shape index (κ1) is 20.5. The van der Waals surface area contributed by atoms with E-state index < -0.39 is 0 Å². The first-order valence-corrected chi connectivity index (χ1v) is 9.96. The maximum Gasteiger partial charge on any atom is 0.191 e. The van der Waals surface area contributed by atoms with Crippen molar-refractivity contribution >= 4 is 23.2 Å². The Morgan fingerprint density at radius 2 is 2.25 bits per heavy atom. The lowest BCUT2D eigenvalue weighted by molar-refractivity contribution is 0.298. The number of hydrogen-bond acceptors (Lipinski definition) is 4. The van der Waals surface area contributed by atoms with Crippen molar-refractivity contribution in [3.8, 4) is 0 Å². The van der Waals surface area contributed by atoms with E-state index in [0.29, 0.717) is 6.04 Å². The maximum absolute atomic E-state index is 6.13. The first-order chi connectivity index (χ1) is 13.5. The molecular formula is C20H30ClN7. The number of hydrogen-bond donors (Lipinski definition) is 2. The molecule has 0 radical (unpaired) electrons. The molecular weight excluding hydrogens is 374 g/mol. The van der Waals surface area contributed by atoms with Gasteiger partial charge in [-0.25, -0.2) is 0 Å². The number of aromatic nitrogens is 2. The Hall–Kier alpha value is -2.25. The van der Waals surface area contributed by atoms with Gasteiger partial charge in [0.15, 0.2) is 5.96 Å². The number of benzene rings is 1. The third-order valence-electron chi connectivity index (χ3n) is 5.12. The van der Waals surface area contributed by atoms with Gasteiger partial charge in [-0.15, -0.1) is 0 Å². The van der Waals surface area contributed by atoms with Gasteiger partial charge in [0.2, 0.25) is 0 Å². The van der Waals surface area contributed by atoms with Gasteiger partial charge in [0.05, 0.1) is 12.2 Å². The number of guanidine groups is 1. The number of nitrogens with zero attached hydrogens (tertiary/aromatic N) is 5. The molecule has 3 rings (SSSR count). The Morgan fingerprint density at radius 3 is 2.89 bits per heavy atom. The second-order valence-corrected chi connectivity index (χ2v) is 7.87. The minimum atomic E-state index is 0.221. The molecule has 0 amide bonds. The van der Waals surface area contributed by atoms with Gasteiger partial charge in [-0.1, -0.05) is 17.7 Å². The molecule has 2 aromatic rings. The number of aryl methyl sites for hydroxylation is 1.